The number of rotatable bonds is 7. The van der Waals surface area contributed by atoms with Crippen molar-refractivity contribution in [2.24, 2.45) is 5.92 Å². The minimum absolute atomic E-state index is 0.239. The first-order valence-electron chi connectivity index (χ1n) is 8.84. The Kier molecular flexibility index (Phi) is 7.75. The van der Waals surface area contributed by atoms with E-state index >= 15 is 0 Å². The van der Waals surface area contributed by atoms with Gasteiger partial charge in [-0.15, -0.1) is 0 Å². The van der Waals surface area contributed by atoms with E-state index in [1.807, 2.05) is 6.07 Å². The van der Waals surface area contributed by atoms with E-state index in [4.69, 9.17) is 21.6 Å². The van der Waals surface area contributed by atoms with Gasteiger partial charge in [0.1, 0.15) is 6.04 Å². The van der Waals surface area contributed by atoms with Crippen molar-refractivity contribution in [1.29, 1.82) is 5.26 Å². The zero-order valence-corrected chi connectivity index (χ0v) is 16.7. The highest BCUT2D eigenvalue weighted by Gasteiger charge is 2.27. The summed E-state index contributed by atoms with van der Waals surface area (Å²) < 4.78 is 5.06. The Labute approximate surface area is 173 Å². The van der Waals surface area contributed by atoms with E-state index in [1.165, 1.54) is 6.07 Å². The molecule has 0 aliphatic heterocycles. The Morgan fingerprint density at radius 3 is 2.52 bits per heavy atom. The van der Waals surface area contributed by atoms with E-state index < -0.39 is 30.4 Å². The molecule has 2 rings (SSSR count). The minimum Gasteiger partial charge on any atom is -0.454 e. The summed E-state index contributed by atoms with van der Waals surface area (Å²) in [5, 5.41) is 14.3. The van der Waals surface area contributed by atoms with E-state index in [2.05, 4.69) is 10.6 Å². The molecule has 2 N–H and O–H groups in total. The molecule has 29 heavy (non-hydrogen) atoms. The van der Waals surface area contributed by atoms with Gasteiger partial charge < -0.3 is 15.4 Å². The molecule has 0 fully saturated rings. The number of ether oxygens (including phenoxy) is 1. The van der Waals surface area contributed by atoms with Crippen LogP contribution in [0.15, 0.2) is 48.5 Å². The number of anilines is 1. The smallest absolute Gasteiger partial charge is 0.329 e. The Balaban J connectivity index is 1.95. The highest BCUT2D eigenvalue weighted by molar-refractivity contribution is 6.33. The SMILES string of the molecule is CC(C)[C@H](NC(=O)c1ccccc1Cl)C(=O)OCC(=O)Nc1cccc(C#N)c1. The van der Waals surface area contributed by atoms with Crippen molar-refractivity contribution in [1.82, 2.24) is 5.32 Å². The predicted molar refractivity (Wildman–Crippen MR) is 108 cm³/mol. The molecule has 8 heteroatoms. The number of hydrogen-bond donors (Lipinski definition) is 2. The number of hydrogen-bond acceptors (Lipinski definition) is 5. The third-order valence-corrected chi connectivity index (χ3v) is 4.28. The van der Waals surface area contributed by atoms with Crippen LogP contribution in [0.4, 0.5) is 5.69 Å². The molecule has 0 aromatic heterocycles. The van der Waals surface area contributed by atoms with Crippen LogP contribution in [0.3, 0.4) is 0 Å². The topological polar surface area (TPSA) is 108 Å². The van der Waals surface area contributed by atoms with Gasteiger partial charge in [-0.1, -0.05) is 43.6 Å². The summed E-state index contributed by atoms with van der Waals surface area (Å²) in [5.41, 5.74) is 1.04. The van der Waals surface area contributed by atoms with Crippen molar-refractivity contribution in [2.75, 3.05) is 11.9 Å². The molecule has 0 radical (unpaired) electrons. The van der Waals surface area contributed by atoms with Crippen molar-refractivity contribution in [2.45, 2.75) is 19.9 Å². The van der Waals surface area contributed by atoms with Gasteiger partial charge in [0.25, 0.3) is 11.8 Å². The van der Waals surface area contributed by atoms with Gasteiger partial charge in [-0.25, -0.2) is 4.79 Å². The second-order valence-electron chi connectivity index (χ2n) is 6.52. The maximum absolute atomic E-state index is 12.4. The van der Waals surface area contributed by atoms with Gasteiger partial charge in [0.05, 0.1) is 22.2 Å². The molecule has 7 nitrogen and oxygen atoms in total. The van der Waals surface area contributed by atoms with Gasteiger partial charge in [-0.2, -0.15) is 5.26 Å². The van der Waals surface area contributed by atoms with Crippen LogP contribution in [0.2, 0.25) is 5.02 Å². The molecule has 0 saturated heterocycles. The predicted octanol–water partition coefficient (Wildman–Crippen LogP) is 3.15. The van der Waals surface area contributed by atoms with Crippen molar-refractivity contribution in [3.63, 3.8) is 0 Å². The molecule has 0 spiro atoms. The third-order valence-electron chi connectivity index (χ3n) is 3.95. The minimum atomic E-state index is -0.950. The van der Waals surface area contributed by atoms with Crippen LogP contribution >= 0.6 is 11.6 Å². The zero-order valence-electron chi connectivity index (χ0n) is 15.9. The number of amides is 2. The first kappa shape index (κ1) is 21.9. The maximum Gasteiger partial charge on any atom is 0.329 e. The number of halogens is 1. The molecule has 0 heterocycles. The van der Waals surface area contributed by atoms with Crippen LogP contribution in [0.1, 0.15) is 29.8 Å². The summed E-state index contributed by atoms with van der Waals surface area (Å²) in [5.74, 6) is -2.08. The van der Waals surface area contributed by atoms with E-state index in [-0.39, 0.29) is 16.5 Å². The maximum atomic E-state index is 12.4. The molecule has 2 aromatic rings. The number of carbonyl (C=O) groups is 3. The molecule has 2 amide bonds. The van der Waals surface area contributed by atoms with Gasteiger partial charge in [0, 0.05) is 5.69 Å². The van der Waals surface area contributed by atoms with Crippen LogP contribution in [-0.2, 0) is 14.3 Å². The second-order valence-corrected chi connectivity index (χ2v) is 6.93. The lowest BCUT2D eigenvalue weighted by atomic mass is 10.0. The fourth-order valence-electron chi connectivity index (χ4n) is 2.45. The fourth-order valence-corrected chi connectivity index (χ4v) is 2.67. The third kappa shape index (κ3) is 6.33. The molecular formula is C21H20ClN3O4. The molecule has 2 aromatic carbocycles. The number of esters is 1. The summed E-state index contributed by atoms with van der Waals surface area (Å²) >= 11 is 6.01. The lowest BCUT2D eigenvalue weighted by Gasteiger charge is -2.21. The van der Waals surface area contributed by atoms with E-state index in [0.717, 1.165) is 0 Å². The van der Waals surface area contributed by atoms with Crippen LogP contribution < -0.4 is 10.6 Å². The Bertz CT molecular complexity index is 953. The Morgan fingerprint density at radius 1 is 1.14 bits per heavy atom. The standard InChI is InChI=1S/C21H20ClN3O4/c1-13(2)19(25-20(27)16-8-3-4-9-17(16)22)21(28)29-12-18(26)24-15-7-5-6-14(10-15)11-23/h3-10,13,19H,12H2,1-2H3,(H,24,26)(H,25,27)/t19-/m0/s1. The summed E-state index contributed by atoms with van der Waals surface area (Å²) in [6.07, 6.45) is 0. The van der Waals surface area contributed by atoms with Crippen molar-refractivity contribution >= 4 is 35.1 Å². The second kappa shape index (κ2) is 10.2. The van der Waals surface area contributed by atoms with Gasteiger partial charge in [0.15, 0.2) is 6.61 Å². The van der Waals surface area contributed by atoms with Gasteiger partial charge >= 0.3 is 5.97 Å². The molecule has 150 valence electrons. The average Bonchev–Trinajstić information content (AvgIpc) is 2.70. The van der Waals surface area contributed by atoms with Crippen molar-refractivity contribution in [3.05, 3.63) is 64.7 Å². The average molecular weight is 414 g/mol. The molecule has 0 unspecified atom stereocenters. The number of carbonyl (C=O) groups excluding carboxylic acids is 3. The van der Waals surface area contributed by atoms with Crippen LogP contribution in [-0.4, -0.2) is 30.4 Å². The summed E-state index contributed by atoms with van der Waals surface area (Å²) in [6.45, 7) is 2.96. The summed E-state index contributed by atoms with van der Waals surface area (Å²) in [7, 11) is 0. The Hall–Kier alpha value is -3.37. The van der Waals surface area contributed by atoms with E-state index in [1.54, 1.807) is 56.3 Å². The molecule has 0 aliphatic carbocycles. The molecule has 0 bridgehead atoms. The fraction of sp³-hybridized carbons (Fsp3) is 0.238. The first-order valence-corrected chi connectivity index (χ1v) is 9.21. The number of benzene rings is 2. The monoisotopic (exact) mass is 413 g/mol. The summed E-state index contributed by atoms with van der Waals surface area (Å²) in [4.78, 5) is 36.8. The highest BCUT2D eigenvalue weighted by Crippen LogP contribution is 2.16. The van der Waals surface area contributed by atoms with Crippen molar-refractivity contribution < 1.29 is 19.1 Å². The number of nitriles is 1. The number of nitrogens with one attached hydrogen (secondary N) is 2. The lowest BCUT2D eigenvalue weighted by molar-refractivity contribution is -0.150. The molecule has 0 saturated carbocycles. The quantitative estimate of drug-likeness (QED) is 0.678. The van der Waals surface area contributed by atoms with E-state index in [0.29, 0.717) is 11.3 Å². The van der Waals surface area contributed by atoms with Crippen LogP contribution in [0, 0.1) is 17.2 Å². The van der Waals surface area contributed by atoms with Crippen LogP contribution in [0.5, 0.6) is 0 Å². The molecular weight excluding hydrogens is 394 g/mol. The zero-order chi connectivity index (χ0) is 21.4. The summed E-state index contributed by atoms with van der Waals surface area (Å²) in [6, 6.07) is 13.8. The normalized spacial score (nSPS) is 11.3. The van der Waals surface area contributed by atoms with Crippen molar-refractivity contribution in [3.8, 4) is 6.07 Å². The van der Waals surface area contributed by atoms with Gasteiger partial charge in [-0.3, -0.25) is 9.59 Å². The largest absolute Gasteiger partial charge is 0.454 e. The van der Waals surface area contributed by atoms with Crippen LogP contribution in [0.25, 0.3) is 0 Å². The van der Waals surface area contributed by atoms with E-state index in [9.17, 15) is 14.4 Å². The first-order chi connectivity index (χ1) is 13.8. The number of nitrogens with zero attached hydrogens (tertiary/aromatic N) is 1. The molecule has 1 atom stereocenters. The Morgan fingerprint density at radius 2 is 1.86 bits per heavy atom. The van der Waals surface area contributed by atoms with Gasteiger partial charge in [0.2, 0.25) is 0 Å². The lowest BCUT2D eigenvalue weighted by Crippen LogP contribution is -2.46. The molecule has 0 aliphatic rings. The van der Waals surface area contributed by atoms with Gasteiger partial charge in [-0.05, 0) is 36.2 Å². The highest BCUT2D eigenvalue weighted by atomic mass is 35.5.